The first-order valence-electron chi connectivity index (χ1n) is 30.0. The van der Waals surface area contributed by atoms with Gasteiger partial charge in [0.05, 0.1) is 19.8 Å². The van der Waals surface area contributed by atoms with Crippen LogP contribution in [0.1, 0.15) is 258 Å². The fraction of sp³-hybridized carbons (Fsp3) is 0.794. The summed E-state index contributed by atoms with van der Waals surface area (Å²) in [5, 5.41) is 40.4. The van der Waals surface area contributed by atoms with Crippen molar-refractivity contribution in [2.45, 2.75) is 295 Å². The van der Waals surface area contributed by atoms with Crippen LogP contribution in [0.25, 0.3) is 0 Å². The summed E-state index contributed by atoms with van der Waals surface area (Å²) in [6.45, 7) is 4.46. The van der Waals surface area contributed by atoms with E-state index in [-0.39, 0.29) is 19.2 Å². The second-order valence-corrected chi connectivity index (χ2v) is 20.4. The Morgan fingerprint density at radius 1 is 0.458 bits per heavy atom. The number of ether oxygens (including phenoxy) is 4. The summed E-state index contributed by atoms with van der Waals surface area (Å²) in [4.78, 5) is 12.9. The zero-order valence-electron chi connectivity index (χ0n) is 46.4. The summed E-state index contributed by atoms with van der Waals surface area (Å²) >= 11 is 0. The van der Waals surface area contributed by atoms with Gasteiger partial charge in [-0.05, 0) is 83.5 Å². The Morgan fingerprint density at radius 3 is 1.28 bits per heavy atom. The smallest absolute Gasteiger partial charge is 0.306 e. The van der Waals surface area contributed by atoms with E-state index in [0.29, 0.717) is 13.0 Å². The number of aliphatic hydroxyl groups is 4. The minimum atomic E-state index is -1.54. The Kier molecular flexibility index (Phi) is 50.2. The number of allylic oxidation sites excluding steroid dienone is 12. The molecule has 1 fully saturated rings. The van der Waals surface area contributed by atoms with E-state index in [1.807, 2.05) is 0 Å². The van der Waals surface area contributed by atoms with E-state index in [2.05, 4.69) is 86.8 Å². The molecule has 1 saturated heterocycles. The van der Waals surface area contributed by atoms with Gasteiger partial charge in [0.2, 0.25) is 0 Å². The summed E-state index contributed by atoms with van der Waals surface area (Å²) in [6, 6.07) is 0. The van der Waals surface area contributed by atoms with Crippen molar-refractivity contribution in [2.75, 3.05) is 26.4 Å². The van der Waals surface area contributed by atoms with Gasteiger partial charge < -0.3 is 39.4 Å². The average molecular weight is 1010 g/mol. The van der Waals surface area contributed by atoms with E-state index < -0.39 is 43.4 Å². The van der Waals surface area contributed by atoms with E-state index in [1.165, 1.54) is 173 Å². The maximum absolute atomic E-state index is 12.9. The summed E-state index contributed by atoms with van der Waals surface area (Å²) < 4.78 is 23.0. The molecule has 0 aromatic rings. The fourth-order valence-electron chi connectivity index (χ4n) is 8.99. The molecule has 418 valence electrons. The molecule has 0 aromatic heterocycles. The Balaban J connectivity index is 2.14. The van der Waals surface area contributed by atoms with Gasteiger partial charge in [-0.1, -0.05) is 241 Å². The average Bonchev–Trinajstić information content (AvgIpc) is 3.38. The molecule has 1 rings (SSSR count). The highest BCUT2D eigenvalue weighted by atomic mass is 16.7. The maximum Gasteiger partial charge on any atom is 0.306 e. The molecular weight excluding hydrogens is 901 g/mol. The quantitative estimate of drug-likeness (QED) is 0.0267. The summed E-state index contributed by atoms with van der Waals surface area (Å²) in [7, 11) is 0. The van der Waals surface area contributed by atoms with E-state index >= 15 is 0 Å². The lowest BCUT2D eigenvalue weighted by atomic mass is 9.99. The van der Waals surface area contributed by atoms with Crippen LogP contribution < -0.4 is 0 Å². The molecule has 72 heavy (non-hydrogen) atoms. The van der Waals surface area contributed by atoms with E-state index in [1.54, 1.807) is 0 Å². The van der Waals surface area contributed by atoms with Crippen molar-refractivity contribution in [1.29, 1.82) is 0 Å². The molecule has 1 aliphatic heterocycles. The normalized spacial score (nSPS) is 19.2. The van der Waals surface area contributed by atoms with Crippen LogP contribution in [-0.4, -0.2) is 89.6 Å². The Labute approximate surface area is 442 Å². The lowest BCUT2D eigenvalue weighted by Gasteiger charge is -2.39. The predicted molar refractivity (Wildman–Crippen MR) is 302 cm³/mol. The van der Waals surface area contributed by atoms with E-state index in [0.717, 1.165) is 64.2 Å². The Bertz CT molecular complexity index is 1340. The van der Waals surface area contributed by atoms with E-state index in [9.17, 15) is 25.2 Å². The number of hydrogen-bond acceptors (Lipinski definition) is 9. The van der Waals surface area contributed by atoms with Crippen molar-refractivity contribution in [3.05, 3.63) is 72.9 Å². The van der Waals surface area contributed by atoms with Gasteiger partial charge in [-0.15, -0.1) is 0 Å². The summed E-state index contributed by atoms with van der Waals surface area (Å²) in [6.07, 6.45) is 65.2. The van der Waals surface area contributed by atoms with Gasteiger partial charge in [0.25, 0.3) is 0 Å². The number of esters is 1. The van der Waals surface area contributed by atoms with Crippen LogP contribution in [0.2, 0.25) is 0 Å². The molecule has 4 N–H and O–H groups in total. The fourth-order valence-corrected chi connectivity index (χ4v) is 8.99. The number of carbonyl (C=O) groups is 1. The number of rotatable bonds is 52. The number of carbonyl (C=O) groups excluding carboxylic acids is 1. The van der Waals surface area contributed by atoms with Crippen LogP contribution in [-0.2, 0) is 23.7 Å². The largest absolute Gasteiger partial charge is 0.457 e. The van der Waals surface area contributed by atoms with Gasteiger partial charge in [-0.25, -0.2) is 0 Å². The van der Waals surface area contributed by atoms with Crippen molar-refractivity contribution >= 4 is 5.97 Å². The van der Waals surface area contributed by atoms with Crippen molar-refractivity contribution in [3.63, 3.8) is 0 Å². The van der Waals surface area contributed by atoms with Gasteiger partial charge >= 0.3 is 5.97 Å². The minimum absolute atomic E-state index is 0.116. The highest BCUT2D eigenvalue weighted by Gasteiger charge is 2.44. The SMILES string of the molecule is CC/C=C\C/C=C\C/C=C\C/C=C\CCCCCCCCCCCCCOCC(COC1OC(CO)C(O)C(O)C1O)OC(=O)CCCCCCCCCCCCCCC/C=C\C/C=C\CCCCCCC. The lowest BCUT2D eigenvalue weighted by molar-refractivity contribution is -0.305. The molecule has 0 aliphatic carbocycles. The van der Waals surface area contributed by atoms with Crippen molar-refractivity contribution in [2.24, 2.45) is 0 Å². The van der Waals surface area contributed by atoms with Crippen LogP contribution in [0.15, 0.2) is 72.9 Å². The van der Waals surface area contributed by atoms with Crippen LogP contribution >= 0.6 is 0 Å². The summed E-state index contributed by atoms with van der Waals surface area (Å²) in [5.41, 5.74) is 0. The third-order valence-corrected chi connectivity index (χ3v) is 13.6. The van der Waals surface area contributed by atoms with Crippen LogP contribution in [0.3, 0.4) is 0 Å². The molecule has 0 bridgehead atoms. The first-order valence-corrected chi connectivity index (χ1v) is 30.0. The first-order chi connectivity index (χ1) is 35.4. The topological polar surface area (TPSA) is 135 Å². The minimum Gasteiger partial charge on any atom is -0.457 e. The second kappa shape index (κ2) is 53.5. The van der Waals surface area contributed by atoms with Gasteiger partial charge in [-0.3, -0.25) is 4.79 Å². The third-order valence-electron chi connectivity index (χ3n) is 13.6. The van der Waals surface area contributed by atoms with Gasteiger partial charge in [0.15, 0.2) is 6.29 Å². The molecular formula is C63H112O9. The molecule has 6 unspecified atom stereocenters. The van der Waals surface area contributed by atoms with Gasteiger partial charge in [0.1, 0.15) is 30.5 Å². The molecule has 1 aliphatic rings. The molecule has 0 saturated carbocycles. The molecule has 0 spiro atoms. The van der Waals surface area contributed by atoms with Crippen LogP contribution in [0.5, 0.6) is 0 Å². The van der Waals surface area contributed by atoms with E-state index in [4.69, 9.17) is 18.9 Å². The van der Waals surface area contributed by atoms with Crippen molar-refractivity contribution in [3.8, 4) is 0 Å². The molecule has 1 heterocycles. The monoisotopic (exact) mass is 1010 g/mol. The first kappa shape index (κ1) is 67.6. The number of hydrogen-bond donors (Lipinski definition) is 4. The zero-order valence-corrected chi connectivity index (χ0v) is 46.4. The second-order valence-electron chi connectivity index (χ2n) is 20.4. The molecule has 0 radical (unpaired) electrons. The lowest BCUT2D eigenvalue weighted by Crippen LogP contribution is -2.59. The van der Waals surface area contributed by atoms with Crippen LogP contribution in [0.4, 0.5) is 0 Å². The van der Waals surface area contributed by atoms with Crippen LogP contribution in [0, 0.1) is 0 Å². The molecule has 0 aromatic carbocycles. The maximum atomic E-state index is 12.9. The third kappa shape index (κ3) is 42.9. The molecule has 9 nitrogen and oxygen atoms in total. The summed E-state index contributed by atoms with van der Waals surface area (Å²) in [5.74, 6) is -0.314. The molecule has 9 heteroatoms. The van der Waals surface area contributed by atoms with Gasteiger partial charge in [-0.2, -0.15) is 0 Å². The molecule has 0 amide bonds. The molecule has 6 atom stereocenters. The predicted octanol–water partition coefficient (Wildman–Crippen LogP) is 15.9. The van der Waals surface area contributed by atoms with Crippen molar-refractivity contribution < 1.29 is 44.2 Å². The standard InChI is InChI=1S/C63H112O9/c1-3-5-7-9-11-13-15-17-19-21-23-25-27-29-30-32-34-36-38-40-42-44-46-48-50-52-59(65)71-57(56-70-63-62(68)61(67)60(66)58(54-64)72-63)55-69-53-51-49-47-45-43-41-39-37-35-33-31-28-26-24-22-20-18-16-14-12-10-8-6-4-2/h6,8,12,14-15,17-18,20-21,23-24,26,57-58,60-64,66-68H,3-5,7,9-11,13,16,19,22,25,27-56H2,1-2H3/b8-6-,14-12-,17-15-,20-18-,23-21-,26-24-. The Morgan fingerprint density at radius 2 is 0.847 bits per heavy atom. The highest BCUT2D eigenvalue weighted by molar-refractivity contribution is 5.69. The van der Waals surface area contributed by atoms with Crippen molar-refractivity contribution in [1.82, 2.24) is 0 Å². The number of aliphatic hydroxyl groups excluding tert-OH is 4. The zero-order chi connectivity index (χ0) is 52.1. The number of unbranched alkanes of at least 4 members (excludes halogenated alkanes) is 29. The van der Waals surface area contributed by atoms with Gasteiger partial charge in [0, 0.05) is 13.0 Å². The highest BCUT2D eigenvalue weighted by Crippen LogP contribution is 2.23. The Hall–Kier alpha value is -2.37.